The van der Waals surface area contributed by atoms with Crippen LogP contribution < -0.4 is 10.2 Å². The van der Waals surface area contributed by atoms with E-state index in [2.05, 4.69) is 20.2 Å². The number of amides is 1. The lowest BCUT2D eigenvalue weighted by Crippen LogP contribution is -2.44. The minimum atomic E-state index is -0.0301. The molecule has 5 heteroatoms. The van der Waals surface area contributed by atoms with Crippen molar-refractivity contribution in [3.8, 4) is 0 Å². The number of allylic oxidation sites excluding steroid dienone is 3. The van der Waals surface area contributed by atoms with Crippen LogP contribution in [-0.4, -0.2) is 35.0 Å². The molecule has 0 aromatic carbocycles. The number of hydrogen-bond acceptors (Lipinski definition) is 4. The van der Waals surface area contributed by atoms with E-state index in [1.165, 1.54) is 0 Å². The third-order valence-corrected chi connectivity index (χ3v) is 3.23. The van der Waals surface area contributed by atoms with Crippen molar-refractivity contribution in [3.05, 3.63) is 42.8 Å². The van der Waals surface area contributed by atoms with Gasteiger partial charge in [-0.25, -0.2) is 9.97 Å². The fraction of sp³-hybridized carbons (Fsp3) is 0.400. The standard InChI is InChI=1S/C15H20N4O/c1-2-3-4-6-14(20)18-13-7-11-19(12-8-13)15-16-9-5-10-17-15/h2-6,9-10,13H,7-8,11-12H2,1H3,(H,18,20)/b3-2+,6-4+. The van der Waals surface area contributed by atoms with Gasteiger partial charge in [0.05, 0.1) is 0 Å². The van der Waals surface area contributed by atoms with Crippen LogP contribution in [0.5, 0.6) is 0 Å². The maximum Gasteiger partial charge on any atom is 0.244 e. The zero-order chi connectivity index (χ0) is 14.2. The van der Waals surface area contributed by atoms with Gasteiger partial charge >= 0.3 is 0 Å². The quantitative estimate of drug-likeness (QED) is 0.669. The van der Waals surface area contributed by atoms with Gasteiger partial charge < -0.3 is 10.2 Å². The normalized spacial score (nSPS) is 16.9. The molecule has 1 aliphatic heterocycles. The van der Waals surface area contributed by atoms with Gasteiger partial charge in [-0.15, -0.1) is 0 Å². The summed E-state index contributed by atoms with van der Waals surface area (Å²) in [6.07, 6.45) is 12.4. The summed E-state index contributed by atoms with van der Waals surface area (Å²) in [6, 6.07) is 2.05. The molecule has 1 amide bonds. The first-order chi connectivity index (χ1) is 9.79. The lowest BCUT2D eigenvalue weighted by Gasteiger charge is -2.32. The number of rotatable bonds is 4. The van der Waals surface area contributed by atoms with Crippen LogP contribution in [0.4, 0.5) is 5.95 Å². The number of aromatic nitrogens is 2. The van der Waals surface area contributed by atoms with Crippen molar-refractivity contribution in [2.45, 2.75) is 25.8 Å². The van der Waals surface area contributed by atoms with E-state index in [1.807, 2.05) is 25.1 Å². The van der Waals surface area contributed by atoms with Crippen molar-refractivity contribution < 1.29 is 4.79 Å². The number of carbonyl (C=O) groups is 1. The molecule has 20 heavy (non-hydrogen) atoms. The van der Waals surface area contributed by atoms with Gasteiger partial charge in [0.1, 0.15) is 0 Å². The van der Waals surface area contributed by atoms with Gasteiger partial charge in [0.2, 0.25) is 11.9 Å². The molecule has 1 aromatic rings. The predicted molar refractivity (Wildman–Crippen MR) is 79.4 cm³/mol. The molecular formula is C15H20N4O. The summed E-state index contributed by atoms with van der Waals surface area (Å²) < 4.78 is 0. The molecule has 1 N–H and O–H groups in total. The van der Waals surface area contributed by atoms with Crippen molar-refractivity contribution in [2.24, 2.45) is 0 Å². The number of hydrogen-bond donors (Lipinski definition) is 1. The van der Waals surface area contributed by atoms with Gasteiger partial charge in [0.25, 0.3) is 0 Å². The Labute approximate surface area is 119 Å². The Bertz CT molecular complexity index is 476. The Morgan fingerprint density at radius 1 is 1.30 bits per heavy atom. The van der Waals surface area contributed by atoms with Crippen LogP contribution >= 0.6 is 0 Å². The maximum absolute atomic E-state index is 11.7. The number of anilines is 1. The Balaban J connectivity index is 1.78. The highest BCUT2D eigenvalue weighted by atomic mass is 16.1. The van der Waals surface area contributed by atoms with E-state index in [-0.39, 0.29) is 11.9 Å². The molecule has 1 fully saturated rings. The Hall–Kier alpha value is -2.17. The minimum absolute atomic E-state index is 0.0301. The van der Waals surface area contributed by atoms with E-state index in [4.69, 9.17) is 0 Å². The predicted octanol–water partition coefficient (Wildman–Crippen LogP) is 1.69. The van der Waals surface area contributed by atoms with Crippen molar-refractivity contribution in [2.75, 3.05) is 18.0 Å². The van der Waals surface area contributed by atoms with Crippen LogP contribution in [0.15, 0.2) is 42.8 Å². The molecule has 2 rings (SSSR count). The van der Waals surface area contributed by atoms with Crippen LogP contribution in [0.2, 0.25) is 0 Å². The third kappa shape index (κ3) is 4.19. The van der Waals surface area contributed by atoms with Gasteiger partial charge in [0, 0.05) is 37.6 Å². The second-order valence-corrected chi connectivity index (χ2v) is 4.70. The van der Waals surface area contributed by atoms with Gasteiger partial charge in [-0.3, -0.25) is 4.79 Å². The third-order valence-electron chi connectivity index (χ3n) is 3.23. The number of nitrogens with one attached hydrogen (secondary N) is 1. The summed E-state index contributed by atoms with van der Waals surface area (Å²) in [5.41, 5.74) is 0. The molecule has 0 spiro atoms. The first kappa shape index (κ1) is 14.2. The lowest BCUT2D eigenvalue weighted by atomic mass is 10.1. The molecule has 0 radical (unpaired) electrons. The average Bonchev–Trinajstić information content (AvgIpc) is 2.49. The van der Waals surface area contributed by atoms with Crippen LogP contribution in [0.25, 0.3) is 0 Å². The maximum atomic E-state index is 11.7. The molecule has 0 bridgehead atoms. The number of piperidine rings is 1. The summed E-state index contributed by atoms with van der Waals surface area (Å²) in [5, 5.41) is 3.02. The first-order valence-corrected chi connectivity index (χ1v) is 6.91. The number of carbonyl (C=O) groups excluding carboxylic acids is 1. The minimum Gasteiger partial charge on any atom is -0.350 e. The molecule has 0 saturated carbocycles. The van der Waals surface area contributed by atoms with E-state index in [0.29, 0.717) is 0 Å². The summed E-state index contributed by atoms with van der Waals surface area (Å²) in [6.45, 7) is 3.66. The van der Waals surface area contributed by atoms with Crippen LogP contribution in [0, 0.1) is 0 Å². The summed E-state index contributed by atoms with van der Waals surface area (Å²) in [5.74, 6) is 0.739. The van der Waals surface area contributed by atoms with E-state index < -0.39 is 0 Å². The smallest absolute Gasteiger partial charge is 0.244 e. The molecular weight excluding hydrogens is 252 g/mol. The highest BCUT2D eigenvalue weighted by Gasteiger charge is 2.21. The molecule has 1 aliphatic rings. The van der Waals surface area contributed by atoms with E-state index in [1.54, 1.807) is 24.5 Å². The van der Waals surface area contributed by atoms with Gasteiger partial charge in [0.15, 0.2) is 0 Å². The Morgan fingerprint density at radius 3 is 2.65 bits per heavy atom. The summed E-state index contributed by atoms with van der Waals surface area (Å²) >= 11 is 0. The number of nitrogens with zero attached hydrogens (tertiary/aromatic N) is 3. The molecule has 1 aromatic heterocycles. The monoisotopic (exact) mass is 272 g/mol. The van der Waals surface area contributed by atoms with E-state index in [9.17, 15) is 4.79 Å². The van der Waals surface area contributed by atoms with Crippen LogP contribution in [-0.2, 0) is 4.79 Å². The molecule has 0 unspecified atom stereocenters. The summed E-state index contributed by atoms with van der Waals surface area (Å²) in [7, 11) is 0. The fourth-order valence-corrected chi connectivity index (χ4v) is 2.18. The van der Waals surface area contributed by atoms with E-state index in [0.717, 1.165) is 31.9 Å². The summed E-state index contributed by atoms with van der Waals surface area (Å²) in [4.78, 5) is 22.3. The SMILES string of the molecule is C/C=C/C=C/C(=O)NC1CCN(c2ncccn2)CC1. The topological polar surface area (TPSA) is 58.1 Å². The van der Waals surface area contributed by atoms with Crippen molar-refractivity contribution in [1.29, 1.82) is 0 Å². The van der Waals surface area contributed by atoms with Gasteiger partial charge in [-0.1, -0.05) is 18.2 Å². The van der Waals surface area contributed by atoms with Crippen molar-refractivity contribution >= 4 is 11.9 Å². The fourth-order valence-electron chi connectivity index (χ4n) is 2.18. The van der Waals surface area contributed by atoms with Crippen molar-refractivity contribution in [1.82, 2.24) is 15.3 Å². The van der Waals surface area contributed by atoms with Crippen molar-refractivity contribution in [3.63, 3.8) is 0 Å². The Morgan fingerprint density at radius 2 is 2.00 bits per heavy atom. The van der Waals surface area contributed by atoms with Crippen LogP contribution in [0.1, 0.15) is 19.8 Å². The molecule has 1 saturated heterocycles. The largest absolute Gasteiger partial charge is 0.350 e. The second kappa shape index (κ2) is 7.43. The highest BCUT2D eigenvalue weighted by Crippen LogP contribution is 2.15. The zero-order valence-electron chi connectivity index (χ0n) is 11.7. The molecule has 2 heterocycles. The Kier molecular flexibility index (Phi) is 5.29. The van der Waals surface area contributed by atoms with E-state index >= 15 is 0 Å². The molecule has 5 nitrogen and oxygen atoms in total. The molecule has 106 valence electrons. The second-order valence-electron chi connectivity index (χ2n) is 4.70. The average molecular weight is 272 g/mol. The molecule has 0 atom stereocenters. The van der Waals surface area contributed by atoms with Crippen LogP contribution in [0.3, 0.4) is 0 Å². The van der Waals surface area contributed by atoms with Gasteiger partial charge in [-0.05, 0) is 25.8 Å². The lowest BCUT2D eigenvalue weighted by molar-refractivity contribution is -0.117. The zero-order valence-corrected chi connectivity index (χ0v) is 11.7. The first-order valence-electron chi connectivity index (χ1n) is 6.91. The highest BCUT2D eigenvalue weighted by molar-refractivity contribution is 5.88. The molecule has 0 aliphatic carbocycles. The van der Waals surface area contributed by atoms with Gasteiger partial charge in [-0.2, -0.15) is 0 Å².